The van der Waals surface area contributed by atoms with Crippen molar-refractivity contribution in [3.8, 4) is 5.75 Å². The highest BCUT2D eigenvalue weighted by molar-refractivity contribution is 6.00. The first kappa shape index (κ1) is 16.7. The molecule has 134 valence electrons. The first-order valence-electron chi connectivity index (χ1n) is 9.02. The van der Waals surface area contributed by atoms with Gasteiger partial charge in [0.25, 0.3) is 5.91 Å². The van der Waals surface area contributed by atoms with E-state index in [4.69, 9.17) is 4.74 Å². The quantitative estimate of drug-likeness (QED) is 0.844. The zero-order valence-electron chi connectivity index (χ0n) is 15.4. The van der Waals surface area contributed by atoms with Gasteiger partial charge in [0, 0.05) is 20.0 Å². The molecule has 0 spiro atoms. The molecule has 3 atom stereocenters. The topological polar surface area (TPSA) is 41.6 Å². The standard InChI is InChI=1S/C22H24N2O2/c1-24(2)22(25)19-12-6-11-18-16-9-5-10-17(16)20(23-21(18)19)14-7-4-8-15(13-14)26-3/h4-9,11-13,16-17,20,23H,10H2,1-3H3. The van der Waals surface area contributed by atoms with E-state index in [-0.39, 0.29) is 11.9 Å². The van der Waals surface area contributed by atoms with Crippen LogP contribution >= 0.6 is 0 Å². The fraction of sp³-hybridized carbons (Fsp3) is 0.318. The molecular weight excluding hydrogens is 324 g/mol. The number of methoxy groups -OCH3 is 1. The van der Waals surface area contributed by atoms with E-state index in [1.165, 1.54) is 11.1 Å². The summed E-state index contributed by atoms with van der Waals surface area (Å²) in [5.41, 5.74) is 4.11. The molecule has 1 aliphatic heterocycles. The van der Waals surface area contributed by atoms with Gasteiger partial charge in [-0.2, -0.15) is 0 Å². The summed E-state index contributed by atoms with van der Waals surface area (Å²) in [5, 5.41) is 3.70. The van der Waals surface area contributed by atoms with E-state index in [1.54, 1.807) is 26.1 Å². The molecule has 26 heavy (non-hydrogen) atoms. The van der Waals surface area contributed by atoms with Crippen LogP contribution in [0.4, 0.5) is 5.69 Å². The molecule has 1 aliphatic carbocycles. The fourth-order valence-electron chi connectivity index (χ4n) is 4.21. The molecule has 1 amide bonds. The van der Waals surface area contributed by atoms with Crippen LogP contribution in [-0.4, -0.2) is 32.0 Å². The minimum Gasteiger partial charge on any atom is -0.497 e. The van der Waals surface area contributed by atoms with E-state index in [2.05, 4.69) is 35.7 Å². The molecular formula is C22H24N2O2. The molecule has 2 aromatic carbocycles. The van der Waals surface area contributed by atoms with Crippen LogP contribution in [0.15, 0.2) is 54.6 Å². The molecule has 2 aromatic rings. The second-order valence-electron chi connectivity index (χ2n) is 7.22. The van der Waals surface area contributed by atoms with Crippen molar-refractivity contribution in [2.75, 3.05) is 26.5 Å². The predicted octanol–water partition coefficient (Wildman–Crippen LogP) is 4.22. The summed E-state index contributed by atoms with van der Waals surface area (Å²) in [5.74, 6) is 1.66. The zero-order chi connectivity index (χ0) is 18.3. The van der Waals surface area contributed by atoms with Crippen molar-refractivity contribution >= 4 is 11.6 Å². The van der Waals surface area contributed by atoms with Gasteiger partial charge in [0.15, 0.2) is 0 Å². The lowest BCUT2D eigenvalue weighted by Crippen LogP contribution is -2.32. The molecule has 3 unspecified atom stereocenters. The number of fused-ring (bicyclic) bond motifs is 3. The number of para-hydroxylation sites is 1. The summed E-state index contributed by atoms with van der Waals surface area (Å²) in [7, 11) is 5.28. The van der Waals surface area contributed by atoms with Crippen molar-refractivity contribution in [3.63, 3.8) is 0 Å². The summed E-state index contributed by atoms with van der Waals surface area (Å²) in [6, 6.07) is 14.4. The molecule has 4 nitrogen and oxygen atoms in total. The Morgan fingerprint density at radius 1 is 1.19 bits per heavy atom. The molecule has 0 fully saturated rings. The number of ether oxygens (including phenoxy) is 1. The van der Waals surface area contributed by atoms with Gasteiger partial charge >= 0.3 is 0 Å². The minimum atomic E-state index is 0.0270. The van der Waals surface area contributed by atoms with Gasteiger partial charge in [-0.25, -0.2) is 0 Å². The summed E-state index contributed by atoms with van der Waals surface area (Å²) in [6.45, 7) is 0. The maximum atomic E-state index is 12.7. The average molecular weight is 348 g/mol. The second-order valence-corrected chi connectivity index (χ2v) is 7.22. The average Bonchev–Trinajstić information content (AvgIpc) is 3.16. The third kappa shape index (κ3) is 2.66. The van der Waals surface area contributed by atoms with Gasteiger partial charge in [-0.15, -0.1) is 0 Å². The van der Waals surface area contributed by atoms with E-state index < -0.39 is 0 Å². The number of amides is 1. The Hall–Kier alpha value is -2.75. The van der Waals surface area contributed by atoms with E-state index in [0.29, 0.717) is 11.8 Å². The van der Waals surface area contributed by atoms with Crippen molar-refractivity contribution in [3.05, 3.63) is 71.3 Å². The van der Waals surface area contributed by atoms with Gasteiger partial charge in [0.2, 0.25) is 0 Å². The number of nitrogens with one attached hydrogen (secondary N) is 1. The number of carbonyl (C=O) groups is 1. The molecule has 1 N–H and O–H groups in total. The van der Waals surface area contributed by atoms with E-state index in [9.17, 15) is 4.79 Å². The Morgan fingerprint density at radius 3 is 2.77 bits per heavy atom. The molecule has 1 heterocycles. The molecule has 2 aliphatic rings. The maximum absolute atomic E-state index is 12.7. The molecule has 4 heteroatoms. The van der Waals surface area contributed by atoms with Crippen LogP contribution in [0.5, 0.6) is 5.75 Å². The Balaban J connectivity index is 1.81. The summed E-state index contributed by atoms with van der Waals surface area (Å²) in [4.78, 5) is 14.3. The van der Waals surface area contributed by atoms with Crippen molar-refractivity contribution in [2.45, 2.75) is 18.4 Å². The largest absolute Gasteiger partial charge is 0.497 e. The van der Waals surface area contributed by atoms with Crippen LogP contribution in [0.2, 0.25) is 0 Å². The van der Waals surface area contributed by atoms with Gasteiger partial charge in [-0.05, 0) is 41.7 Å². The lowest BCUT2D eigenvalue weighted by molar-refractivity contribution is 0.0828. The molecule has 0 saturated heterocycles. The first-order chi connectivity index (χ1) is 12.6. The smallest absolute Gasteiger partial charge is 0.255 e. The summed E-state index contributed by atoms with van der Waals surface area (Å²) >= 11 is 0. The molecule has 4 rings (SSSR count). The highest BCUT2D eigenvalue weighted by Crippen LogP contribution is 2.50. The van der Waals surface area contributed by atoms with Crippen LogP contribution in [-0.2, 0) is 0 Å². The zero-order valence-corrected chi connectivity index (χ0v) is 15.4. The van der Waals surface area contributed by atoms with Gasteiger partial charge in [0.1, 0.15) is 5.75 Å². The maximum Gasteiger partial charge on any atom is 0.255 e. The number of hydrogen-bond donors (Lipinski definition) is 1. The number of hydrogen-bond acceptors (Lipinski definition) is 3. The lowest BCUT2D eigenvalue weighted by atomic mass is 9.76. The Kier molecular flexibility index (Phi) is 4.19. The molecule has 0 aromatic heterocycles. The van der Waals surface area contributed by atoms with Crippen molar-refractivity contribution in [1.82, 2.24) is 4.90 Å². The lowest BCUT2D eigenvalue weighted by Gasteiger charge is -2.38. The van der Waals surface area contributed by atoms with Gasteiger partial charge in [0.05, 0.1) is 24.4 Å². The third-order valence-corrected chi connectivity index (χ3v) is 5.49. The normalized spacial score (nSPS) is 23.0. The van der Waals surface area contributed by atoms with E-state index in [1.807, 2.05) is 24.3 Å². The van der Waals surface area contributed by atoms with E-state index >= 15 is 0 Å². The third-order valence-electron chi connectivity index (χ3n) is 5.49. The molecule has 0 saturated carbocycles. The van der Waals surface area contributed by atoms with Gasteiger partial charge in [-0.1, -0.05) is 36.4 Å². The van der Waals surface area contributed by atoms with Crippen LogP contribution in [0.1, 0.15) is 39.9 Å². The fourth-order valence-corrected chi connectivity index (χ4v) is 4.21. The van der Waals surface area contributed by atoms with Crippen molar-refractivity contribution < 1.29 is 9.53 Å². The monoisotopic (exact) mass is 348 g/mol. The SMILES string of the molecule is COc1cccc(C2Nc3c(C(=O)N(C)C)cccc3C3C=CCC32)c1. The summed E-state index contributed by atoms with van der Waals surface area (Å²) in [6.07, 6.45) is 5.59. The predicted molar refractivity (Wildman–Crippen MR) is 104 cm³/mol. The number of carbonyl (C=O) groups excluding carboxylic acids is 1. The van der Waals surface area contributed by atoms with E-state index in [0.717, 1.165) is 23.4 Å². The number of benzene rings is 2. The number of nitrogens with zero attached hydrogens (tertiary/aromatic N) is 1. The first-order valence-corrected chi connectivity index (χ1v) is 9.02. The van der Waals surface area contributed by atoms with Crippen molar-refractivity contribution in [1.29, 1.82) is 0 Å². The van der Waals surface area contributed by atoms with Crippen LogP contribution < -0.4 is 10.1 Å². The molecule has 0 radical (unpaired) electrons. The van der Waals surface area contributed by atoms with Crippen LogP contribution in [0.3, 0.4) is 0 Å². The number of allylic oxidation sites excluding steroid dienone is 2. The van der Waals surface area contributed by atoms with Gasteiger partial charge in [-0.3, -0.25) is 4.79 Å². The number of anilines is 1. The second kappa shape index (κ2) is 6.52. The Bertz CT molecular complexity index is 872. The summed E-state index contributed by atoms with van der Waals surface area (Å²) < 4.78 is 5.42. The van der Waals surface area contributed by atoms with Crippen LogP contribution in [0.25, 0.3) is 0 Å². The van der Waals surface area contributed by atoms with Gasteiger partial charge < -0.3 is 15.0 Å². The number of rotatable bonds is 3. The Labute approximate surface area is 154 Å². The van der Waals surface area contributed by atoms with Crippen molar-refractivity contribution in [2.24, 2.45) is 5.92 Å². The molecule has 0 bridgehead atoms. The van der Waals surface area contributed by atoms with Crippen LogP contribution in [0, 0.1) is 5.92 Å². The highest BCUT2D eigenvalue weighted by atomic mass is 16.5. The Morgan fingerprint density at radius 2 is 2.00 bits per heavy atom. The highest BCUT2D eigenvalue weighted by Gasteiger charge is 2.39. The minimum absolute atomic E-state index is 0.0270.